The third-order valence-electron chi connectivity index (χ3n) is 3.25. The summed E-state index contributed by atoms with van der Waals surface area (Å²) >= 11 is 0. The van der Waals surface area contributed by atoms with E-state index in [0.717, 1.165) is 37.5 Å². The minimum absolute atomic E-state index is 0.0345. The number of alkyl halides is 3. The molecule has 2 rings (SSSR count). The quantitative estimate of drug-likeness (QED) is 0.683. The minimum atomic E-state index is -4.37. The van der Waals surface area contributed by atoms with Gasteiger partial charge in [0.05, 0.1) is 0 Å². The van der Waals surface area contributed by atoms with Gasteiger partial charge in [0.15, 0.2) is 12.6 Å². The zero-order valence-corrected chi connectivity index (χ0v) is 12.4. The molecule has 0 amide bonds. The Morgan fingerprint density at radius 2 is 2.14 bits per heavy atom. The van der Waals surface area contributed by atoms with Gasteiger partial charge in [-0.25, -0.2) is 4.98 Å². The Kier molecular flexibility index (Phi) is 5.46. The molecule has 8 heteroatoms. The average Bonchev–Trinajstić information content (AvgIpc) is 3.00. The number of aliphatic imine (C=N–C) groups is 1. The standard InChI is InChI=1S/C14H19F3N4O/c1-18-13(21-6-2-3-7-21)20-9-11-4-5-19-12(8-11)22-10-14(15,16)17/h4-5,8H,2-3,6-7,9-10H2,1H3,(H,18,20). The van der Waals surface area contributed by atoms with Crippen LogP contribution in [0.2, 0.25) is 0 Å². The fourth-order valence-electron chi connectivity index (χ4n) is 2.24. The number of nitrogens with one attached hydrogen (secondary N) is 1. The molecule has 0 aromatic carbocycles. The summed E-state index contributed by atoms with van der Waals surface area (Å²) in [5.41, 5.74) is 0.785. The first kappa shape index (κ1) is 16.4. The Labute approximate surface area is 127 Å². The molecule has 0 radical (unpaired) electrons. The highest BCUT2D eigenvalue weighted by atomic mass is 19.4. The van der Waals surface area contributed by atoms with Crippen LogP contribution in [0.3, 0.4) is 0 Å². The van der Waals surface area contributed by atoms with Crippen molar-refractivity contribution in [1.29, 1.82) is 0 Å². The smallest absolute Gasteiger partial charge is 0.422 e. The summed E-state index contributed by atoms with van der Waals surface area (Å²) < 4.78 is 41.0. The molecule has 0 spiro atoms. The van der Waals surface area contributed by atoms with E-state index < -0.39 is 12.8 Å². The first-order chi connectivity index (χ1) is 10.5. The fourth-order valence-corrected chi connectivity index (χ4v) is 2.24. The van der Waals surface area contributed by atoms with E-state index in [0.29, 0.717) is 6.54 Å². The van der Waals surface area contributed by atoms with Crippen molar-refractivity contribution < 1.29 is 17.9 Å². The number of ether oxygens (including phenoxy) is 1. The molecule has 0 unspecified atom stereocenters. The second-order valence-corrected chi connectivity index (χ2v) is 5.00. The van der Waals surface area contributed by atoms with E-state index in [4.69, 9.17) is 0 Å². The summed E-state index contributed by atoms with van der Waals surface area (Å²) in [7, 11) is 1.71. The lowest BCUT2D eigenvalue weighted by atomic mass is 10.2. The Morgan fingerprint density at radius 3 is 2.77 bits per heavy atom. The summed E-state index contributed by atoms with van der Waals surface area (Å²) in [4.78, 5) is 10.1. The molecule has 2 heterocycles. The van der Waals surface area contributed by atoms with Crippen LogP contribution in [0.15, 0.2) is 23.3 Å². The van der Waals surface area contributed by atoms with Gasteiger partial charge in [0.25, 0.3) is 0 Å². The fraction of sp³-hybridized carbons (Fsp3) is 0.571. The van der Waals surface area contributed by atoms with Crippen molar-refractivity contribution in [3.8, 4) is 5.88 Å². The molecule has 5 nitrogen and oxygen atoms in total. The summed E-state index contributed by atoms with van der Waals surface area (Å²) in [6, 6.07) is 3.22. The Bertz CT molecular complexity index is 513. The maximum Gasteiger partial charge on any atom is 0.422 e. The van der Waals surface area contributed by atoms with E-state index in [1.165, 1.54) is 12.3 Å². The average molecular weight is 316 g/mol. The van der Waals surface area contributed by atoms with Crippen molar-refractivity contribution in [3.63, 3.8) is 0 Å². The highest BCUT2D eigenvalue weighted by molar-refractivity contribution is 5.80. The van der Waals surface area contributed by atoms with E-state index in [1.54, 1.807) is 13.1 Å². The van der Waals surface area contributed by atoms with Crippen LogP contribution in [-0.2, 0) is 6.54 Å². The number of guanidine groups is 1. The molecule has 1 aromatic rings. The monoisotopic (exact) mass is 316 g/mol. The topological polar surface area (TPSA) is 49.8 Å². The van der Waals surface area contributed by atoms with E-state index >= 15 is 0 Å². The Hall–Kier alpha value is -1.99. The Balaban J connectivity index is 1.89. The van der Waals surface area contributed by atoms with Gasteiger partial charge >= 0.3 is 6.18 Å². The molecule has 1 N–H and O–H groups in total. The molecule has 1 saturated heterocycles. The molecular weight excluding hydrogens is 297 g/mol. The predicted octanol–water partition coefficient (Wildman–Crippen LogP) is 2.19. The van der Waals surface area contributed by atoms with Crippen LogP contribution in [-0.4, -0.2) is 48.8 Å². The molecular formula is C14H19F3N4O. The molecule has 0 bridgehead atoms. The van der Waals surface area contributed by atoms with Crippen molar-refractivity contribution in [2.24, 2.45) is 4.99 Å². The minimum Gasteiger partial charge on any atom is -0.468 e. The number of hydrogen-bond acceptors (Lipinski definition) is 3. The summed E-state index contributed by atoms with van der Waals surface area (Å²) in [5.74, 6) is 0.764. The van der Waals surface area contributed by atoms with Crippen LogP contribution < -0.4 is 10.1 Å². The maximum atomic E-state index is 12.1. The van der Waals surface area contributed by atoms with Gasteiger partial charge in [-0.2, -0.15) is 13.2 Å². The summed E-state index contributed by atoms with van der Waals surface area (Å²) in [5, 5.41) is 3.20. The third kappa shape index (κ3) is 5.09. The molecule has 1 aliphatic rings. The third-order valence-corrected chi connectivity index (χ3v) is 3.25. The van der Waals surface area contributed by atoms with E-state index in [9.17, 15) is 13.2 Å². The molecule has 122 valence electrons. The second kappa shape index (κ2) is 7.33. The highest BCUT2D eigenvalue weighted by Gasteiger charge is 2.28. The molecule has 0 atom stereocenters. The molecule has 0 aliphatic carbocycles. The zero-order chi connectivity index (χ0) is 16.0. The van der Waals surface area contributed by atoms with Crippen LogP contribution in [0.1, 0.15) is 18.4 Å². The number of aromatic nitrogens is 1. The van der Waals surface area contributed by atoms with Gasteiger partial charge < -0.3 is 15.0 Å². The van der Waals surface area contributed by atoms with Gasteiger partial charge in [-0.15, -0.1) is 0 Å². The first-order valence-electron chi connectivity index (χ1n) is 7.08. The van der Waals surface area contributed by atoms with Crippen molar-refractivity contribution in [2.75, 3.05) is 26.7 Å². The molecule has 0 saturated carbocycles. The first-order valence-corrected chi connectivity index (χ1v) is 7.08. The molecule has 1 fully saturated rings. The predicted molar refractivity (Wildman–Crippen MR) is 76.8 cm³/mol. The van der Waals surface area contributed by atoms with Gasteiger partial charge in [-0.3, -0.25) is 4.99 Å². The molecule has 1 aromatic heterocycles. The Morgan fingerprint density at radius 1 is 1.41 bits per heavy atom. The largest absolute Gasteiger partial charge is 0.468 e. The lowest BCUT2D eigenvalue weighted by Crippen LogP contribution is -2.39. The second-order valence-electron chi connectivity index (χ2n) is 5.00. The van der Waals surface area contributed by atoms with Crippen LogP contribution >= 0.6 is 0 Å². The van der Waals surface area contributed by atoms with Crippen molar-refractivity contribution >= 4 is 5.96 Å². The number of rotatable bonds is 4. The van der Waals surface area contributed by atoms with Gasteiger partial charge in [-0.05, 0) is 24.5 Å². The molecule has 22 heavy (non-hydrogen) atoms. The van der Waals surface area contributed by atoms with Crippen LogP contribution in [0, 0.1) is 0 Å². The van der Waals surface area contributed by atoms with Gasteiger partial charge in [-0.1, -0.05) is 0 Å². The summed E-state index contributed by atoms with van der Waals surface area (Å²) in [6.45, 7) is 1.05. The normalized spacial score (nSPS) is 16.0. The zero-order valence-electron chi connectivity index (χ0n) is 12.4. The van der Waals surface area contributed by atoms with Gasteiger partial charge in [0, 0.05) is 38.9 Å². The number of nitrogens with zero attached hydrogens (tertiary/aromatic N) is 3. The number of likely N-dealkylation sites (tertiary alicyclic amines) is 1. The van der Waals surface area contributed by atoms with Crippen molar-refractivity contribution in [3.05, 3.63) is 23.9 Å². The SMILES string of the molecule is CN=C(NCc1ccnc(OCC(F)(F)F)c1)N1CCCC1. The van der Waals surface area contributed by atoms with Crippen molar-refractivity contribution in [1.82, 2.24) is 15.2 Å². The summed E-state index contributed by atoms with van der Waals surface area (Å²) in [6.07, 6.45) is -0.647. The van der Waals surface area contributed by atoms with Crippen molar-refractivity contribution in [2.45, 2.75) is 25.6 Å². The number of hydrogen-bond donors (Lipinski definition) is 1. The van der Waals surface area contributed by atoms with Gasteiger partial charge in [0.2, 0.25) is 5.88 Å². The van der Waals surface area contributed by atoms with E-state index in [1.807, 2.05) is 0 Å². The molecule has 1 aliphatic heterocycles. The van der Waals surface area contributed by atoms with Crippen LogP contribution in [0.4, 0.5) is 13.2 Å². The lowest BCUT2D eigenvalue weighted by Gasteiger charge is -2.20. The maximum absolute atomic E-state index is 12.1. The van der Waals surface area contributed by atoms with Crippen LogP contribution in [0.25, 0.3) is 0 Å². The van der Waals surface area contributed by atoms with E-state index in [2.05, 4.69) is 24.9 Å². The lowest BCUT2D eigenvalue weighted by molar-refractivity contribution is -0.154. The highest BCUT2D eigenvalue weighted by Crippen LogP contribution is 2.17. The number of halogens is 3. The van der Waals surface area contributed by atoms with E-state index in [-0.39, 0.29) is 5.88 Å². The number of pyridine rings is 1. The van der Waals surface area contributed by atoms with Crippen LogP contribution in [0.5, 0.6) is 5.88 Å². The van der Waals surface area contributed by atoms with Gasteiger partial charge in [0.1, 0.15) is 0 Å².